The van der Waals surface area contributed by atoms with Gasteiger partial charge in [-0.25, -0.2) is 0 Å². The van der Waals surface area contributed by atoms with Gasteiger partial charge in [0.25, 0.3) is 0 Å². The lowest BCUT2D eigenvalue weighted by atomic mass is 10.1. The van der Waals surface area contributed by atoms with Crippen LogP contribution in [0.3, 0.4) is 0 Å². The van der Waals surface area contributed by atoms with E-state index in [0.717, 1.165) is 5.69 Å². The summed E-state index contributed by atoms with van der Waals surface area (Å²) in [4.78, 5) is 0. The summed E-state index contributed by atoms with van der Waals surface area (Å²) in [5, 5.41) is 9.37. The van der Waals surface area contributed by atoms with Crippen molar-refractivity contribution in [3.63, 3.8) is 0 Å². The van der Waals surface area contributed by atoms with Gasteiger partial charge in [-0.3, -0.25) is 0 Å². The van der Waals surface area contributed by atoms with E-state index in [-0.39, 0.29) is 6.04 Å². The van der Waals surface area contributed by atoms with Gasteiger partial charge in [0, 0.05) is 19.0 Å². The quantitative estimate of drug-likeness (QED) is 0.850. The number of ether oxygens (including phenoxy) is 1. The maximum absolute atomic E-state index is 5.23. The molecule has 1 N–H and O–H groups in total. The third kappa shape index (κ3) is 3.59. The molecule has 5 heteroatoms. The van der Waals surface area contributed by atoms with Gasteiger partial charge in [-0.1, -0.05) is 34.8 Å². The fourth-order valence-corrected chi connectivity index (χ4v) is 2.07. The lowest BCUT2D eigenvalue weighted by Crippen LogP contribution is -2.25. The first-order valence-electron chi connectivity index (χ1n) is 5.43. The van der Waals surface area contributed by atoms with Crippen LogP contribution >= 0.6 is 11.5 Å². The lowest BCUT2D eigenvalue weighted by Gasteiger charge is -2.17. The minimum Gasteiger partial charge on any atom is -0.383 e. The standard InChI is InChI=1S/C12H15N3OS/c1-16-8-12(10-5-3-2-4-6-10)13-7-11-9-17-15-14-11/h2-6,9,12-13H,7-8H2,1H3/t12-/m1/s1. The van der Waals surface area contributed by atoms with Crippen molar-refractivity contribution in [3.05, 3.63) is 47.0 Å². The molecule has 0 saturated heterocycles. The van der Waals surface area contributed by atoms with Crippen LogP contribution in [0.1, 0.15) is 17.3 Å². The average molecular weight is 249 g/mol. The summed E-state index contributed by atoms with van der Waals surface area (Å²) in [7, 11) is 1.71. The number of benzene rings is 1. The monoisotopic (exact) mass is 249 g/mol. The molecule has 0 aliphatic carbocycles. The molecule has 2 aromatic rings. The molecule has 0 fully saturated rings. The molecule has 0 bridgehead atoms. The number of rotatable bonds is 6. The number of nitrogens with zero attached hydrogens (tertiary/aromatic N) is 2. The average Bonchev–Trinajstić information content (AvgIpc) is 2.88. The fourth-order valence-electron chi connectivity index (χ4n) is 1.61. The molecule has 0 aliphatic heterocycles. The highest BCUT2D eigenvalue weighted by Gasteiger charge is 2.10. The van der Waals surface area contributed by atoms with Gasteiger partial charge < -0.3 is 10.1 Å². The summed E-state index contributed by atoms with van der Waals surface area (Å²) in [6, 6.07) is 10.4. The summed E-state index contributed by atoms with van der Waals surface area (Å²) in [5.41, 5.74) is 2.18. The second-order valence-electron chi connectivity index (χ2n) is 3.70. The first kappa shape index (κ1) is 12.2. The minimum absolute atomic E-state index is 0.183. The normalized spacial score (nSPS) is 12.5. The van der Waals surface area contributed by atoms with Gasteiger partial charge in [-0.2, -0.15) is 0 Å². The Bertz CT molecular complexity index is 419. The Morgan fingerprint density at radius 2 is 2.18 bits per heavy atom. The second-order valence-corrected chi connectivity index (χ2v) is 4.31. The SMILES string of the molecule is COC[C@@H](NCc1csnn1)c1ccccc1. The largest absolute Gasteiger partial charge is 0.383 e. The number of hydrogen-bond acceptors (Lipinski definition) is 5. The number of methoxy groups -OCH3 is 1. The van der Waals surface area contributed by atoms with Gasteiger partial charge in [0.2, 0.25) is 0 Å². The van der Waals surface area contributed by atoms with E-state index in [9.17, 15) is 0 Å². The van der Waals surface area contributed by atoms with E-state index in [1.165, 1.54) is 17.1 Å². The van der Waals surface area contributed by atoms with Crippen LogP contribution in [-0.2, 0) is 11.3 Å². The summed E-state index contributed by atoms with van der Waals surface area (Å²) in [6.45, 7) is 1.35. The Morgan fingerprint density at radius 3 is 2.82 bits per heavy atom. The van der Waals surface area contributed by atoms with Crippen LogP contribution in [0.4, 0.5) is 0 Å². The molecule has 0 unspecified atom stereocenters. The van der Waals surface area contributed by atoms with E-state index >= 15 is 0 Å². The topological polar surface area (TPSA) is 47.0 Å². The molecule has 0 radical (unpaired) electrons. The molecule has 1 heterocycles. The van der Waals surface area contributed by atoms with E-state index in [1.807, 2.05) is 23.6 Å². The molecule has 1 aromatic heterocycles. The van der Waals surface area contributed by atoms with Crippen molar-refractivity contribution in [1.29, 1.82) is 0 Å². The van der Waals surface area contributed by atoms with Crippen LogP contribution in [-0.4, -0.2) is 23.3 Å². The van der Waals surface area contributed by atoms with Crippen molar-refractivity contribution < 1.29 is 4.74 Å². The first-order valence-corrected chi connectivity index (χ1v) is 6.27. The first-order chi connectivity index (χ1) is 8.40. The molecule has 90 valence electrons. The Kier molecular flexibility index (Phi) is 4.61. The minimum atomic E-state index is 0.183. The maximum atomic E-state index is 5.23. The van der Waals surface area contributed by atoms with Crippen LogP contribution < -0.4 is 5.32 Å². The van der Waals surface area contributed by atoms with Crippen molar-refractivity contribution in [2.45, 2.75) is 12.6 Å². The van der Waals surface area contributed by atoms with E-state index < -0.39 is 0 Å². The van der Waals surface area contributed by atoms with Gasteiger partial charge in [-0.05, 0) is 17.1 Å². The molecular weight excluding hydrogens is 234 g/mol. The number of aromatic nitrogens is 2. The Labute approximate surface area is 105 Å². The van der Waals surface area contributed by atoms with Crippen LogP contribution in [0, 0.1) is 0 Å². The van der Waals surface area contributed by atoms with E-state index in [4.69, 9.17) is 4.74 Å². The third-order valence-electron chi connectivity index (χ3n) is 2.47. The molecule has 17 heavy (non-hydrogen) atoms. The Balaban J connectivity index is 1.98. The van der Waals surface area contributed by atoms with Crippen LogP contribution in [0.2, 0.25) is 0 Å². The molecule has 0 amide bonds. The third-order valence-corrected chi connectivity index (χ3v) is 3.02. The predicted octanol–water partition coefficient (Wildman–Crippen LogP) is 2.02. The zero-order valence-electron chi connectivity index (χ0n) is 9.67. The highest BCUT2D eigenvalue weighted by molar-refractivity contribution is 7.03. The zero-order chi connectivity index (χ0) is 11.9. The van der Waals surface area contributed by atoms with Gasteiger partial charge in [0.05, 0.1) is 18.3 Å². The van der Waals surface area contributed by atoms with Crippen LogP contribution in [0.25, 0.3) is 0 Å². The highest BCUT2D eigenvalue weighted by atomic mass is 32.1. The Morgan fingerprint density at radius 1 is 1.35 bits per heavy atom. The summed E-state index contributed by atoms with van der Waals surface area (Å²) in [5.74, 6) is 0. The van der Waals surface area contributed by atoms with Gasteiger partial charge in [-0.15, -0.1) is 5.10 Å². The smallest absolute Gasteiger partial charge is 0.0893 e. The summed E-state index contributed by atoms with van der Waals surface area (Å²) in [6.07, 6.45) is 0. The van der Waals surface area contributed by atoms with Crippen molar-refractivity contribution in [2.24, 2.45) is 0 Å². The van der Waals surface area contributed by atoms with E-state index in [1.54, 1.807) is 7.11 Å². The molecule has 4 nitrogen and oxygen atoms in total. The van der Waals surface area contributed by atoms with Gasteiger partial charge in [0.15, 0.2) is 0 Å². The van der Waals surface area contributed by atoms with Crippen LogP contribution in [0.15, 0.2) is 35.7 Å². The molecule has 1 aromatic carbocycles. The highest BCUT2D eigenvalue weighted by Crippen LogP contribution is 2.13. The summed E-state index contributed by atoms with van der Waals surface area (Å²) < 4.78 is 9.07. The van der Waals surface area contributed by atoms with Crippen LogP contribution in [0.5, 0.6) is 0 Å². The van der Waals surface area contributed by atoms with Crippen molar-refractivity contribution in [3.8, 4) is 0 Å². The molecule has 0 spiro atoms. The maximum Gasteiger partial charge on any atom is 0.0893 e. The van der Waals surface area contributed by atoms with Crippen molar-refractivity contribution in [1.82, 2.24) is 14.9 Å². The van der Waals surface area contributed by atoms with Gasteiger partial charge in [0.1, 0.15) is 0 Å². The van der Waals surface area contributed by atoms with E-state index in [0.29, 0.717) is 13.2 Å². The molecule has 1 atom stereocenters. The Hall–Kier alpha value is -1.30. The summed E-state index contributed by atoms with van der Waals surface area (Å²) >= 11 is 1.37. The number of hydrogen-bond donors (Lipinski definition) is 1. The van der Waals surface area contributed by atoms with E-state index in [2.05, 4.69) is 27.0 Å². The predicted molar refractivity (Wildman–Crippen MR) is 67.8 cm³/mol. The molecule has 2 rings (SSSR count). The fraction of sp³-hybridized carbons (Fsp3) is 0.333. The van der Waals surface area contributed by atoms with Gasteiger partial charge >= 0.3 is 0 Å². The second kappa shape index (κ2) is 6.44. The zero-order valence-corrected chi connectivity index (χ0v) is 10.5. The molecular formula is C12H15N3OS. The number of nitrogens with one attached hydrogen (secondary N) is 1. The molecule has 0 aliphatic rings. The molecule has 0 saturated carbocycles. The lowest BCUT2D eigenvalue weighted by molar-refractivity contribution is 0.166. The van der Waals surface area contributed by atoms with Crippen molar-refractivity contribution in [2.75, 3.05) is 13.7 Å². The van der Waals surface area contributed by atoms with Crippen molar-refractivity contribution >= 4 is 11.5 Å².